The maximum absolute atomic E-state index is 9.44. The van der Waals surface area contributed by atoms with Gasteiger partial charge >= 0.3 is 0 Å². The Balaban J connectivity index is 2.37. The van der Waals surface area contributed by atoms with Gasteiger partial charge in [-0.3, -0.25) is 0 Å². The first-order valence-corrected chi connectivity index (χ1v) is 6.71. The molecule has 0 heterocycles. The molecule has 1 rings (SSSR count). The summed E-state index contributed by atoms with van der Waals surface area (Å²) in [6.07, 6.45) is 12.4. The molecule has 0 radical (unpaired) electrons. The molecule has 1 nitrogen and oxygen atoms in total. The third-order valence-electron chi connectivity index (χ3n) is 4.12. The molecule has 0 aromatic carbocycles. The Morgan fingerprint density at radius 3 is 2.75 bits per heavy atom. The molecule has 92 valence electrons. The van der Waals surface area contributed by atoms with E-state index in [0.717, 1.165) is 24.7 Å². The molecule has 0 spiro atoms. The van der Waals surface area contributed by atoms with Crippen LogP contribution in [-0.2, 0) is 0 Å². The molecule has 16 heavy (non-hydrogen) atoms. The van der Waals surface area contributed by atoms with Crippen LogP contribution in [0, 0.1) is 36.0 Å². The second-order valence-corrected chi connectivity index (χ2v) is 5.70. The summed E-state index contributed by atoms with van der Waals surface area (Å²) in [4.78, 5) is 0. The van der Waals surface area contributed by atoms with Gasteiger partial charge in [-0.25, -0.2) is 0 Å². The van der Waals surface area contributed by atoms with Crippen molar-refractivity contribution in [1.29, 1.82) is 0 Å². The van der Waals surface area contributed by atoms with E-state index in [-0.39, 0.29) is 0 Å². The molecule has 1 aliphatic carbocycles. The normalized spacial score (nSPS) is 32.0. The van der Waals surface area contributed by atoms with Crippen LogP contribution in [0.2, 0.25) is 0 Å². The maximum Gasteiger partial charge on any atom is 0.0462 e. The minimum absolute atomic E-state index is 0.372. The maximum atomic E-state index is 9.44. The fourth-order valence-electron chi connectivity index (χ4n) is 3.06. The van der Waals surface area contributed by atoms with Crippen molar-refractivity contribution in [3.05, 3.63) is 0 Å². The first-order valence-electron chi connectivity index (χ1n) is 6.71. The van der Waals surface area contributed by atoms with Crippen LogP contribution in [0.4, 0.5) is 0 Å². The molecule has 0 bridgehead atoms. The zero-order chi connectivity index (χ0) is 12.0. The highest BCUT2D eigenvalue weighted by Crippen LogP contribution is 2.37. The molecular formula is C15H26O. The molecule has 1 saturated carbocycles. The molecule has 1 N–H and O–H groups in total. The van der Waals surface area contributed by atoms with Crippen LogP contribution in [0.5, 0.6) is 0 Å². The van der Waals surface area contributed by atoms with E-state index in [0.29, 0.717) is 18.4 Å². The molecule has 1 fully saturated rings. The van der Waals surface area contributed by atoms with Gasteiger partial charge in [0.1, 0.15) is 0 Å². The van der Waals surface area contributed by atoms with Crippen molar-refractivity contribution in [3.8, 4) is 12.3 Å². The number of aliphatic hydroxyl groups is 1. The van der Waals surface area contributed by atoms with Crippen molar-refractivity contribution in [3.63, 3.8) is 0 Å². The zero-order valence-corrected chi connectivity index (χ0v) is 10.8. The lowest BCUT2D eigenvalue weighted by molar-refractivity contribution is 0.0950. The van der Waals surface area contributed by atoms with Crippen LogP contribution in [0.1, 0.15) is 52.4 Å². The van der Waals surface area contributed by atoms with Gasteiger partial charge in [-0.15, -0.1) is 12.3 Å². The van der Waals surface area contributed by atoms with Crippen LogP contribution in [0.15, 0.2) is 0 Å². The van der Waals surface area contributed by atoms with Gasteiger partial charge in [-0.2, -0.15) is 0 Å². The summed E-state index contributed by atoms with van der Waals surface area (Å²) >= 11 is 0. The number of rotatable bonds is 5. The molecule has 0 aliphatic heterocycles. The fraction of sp³-hybridized carbons (Fsp3) is 0.867. The van der Waals surface area contributed by atoms with E-state index in [1.54, 1.807) is 0 Å². The Morgan fingerprint density at radius 1 is 1.38 bits per heavy atom. The predicted octanol–water partition coefficient (Wildman–Crippen LogP) is 3.47. The highest BCUT2D eigenvalue weighted by molar-refractivity contribution is 4.85. The molecule has 0 aromatic rings. The molecule has 0 saturated heterocycles. The lowest BCUT2D eigenvalue weighted by Gasteiger charge is -2.35. The molecule has 4 atom stereocenters. The highest BCUT2D eigenvalue weighted by atomic mass is 16.3. The van der Waals surface area contributed by atoms with Crippen molar-refractivity contribution < 1.29 is 5.11 Å². The van der Waals surface area contributed by atoms with Gasteiger partial charge in [0.15, 0.2) is 0 Å². The topological polar surface area (TPSA) is 20.2 Å². The predicted molar refractivity (Wildman–Crippen MR) is 68.9 cm³/mol. The van der Waals surface area contributed by atoms with Crippen LogP contribution in [0.25, 0.3) is 0 Å². The summed E-state index contributed by atoms with van der Waals surface area (Å²) in [5.74, 6) is 5.50. The summed E-state index contributed by atoms with van der Waals surface area (Å²) < 4.78 is 0. The molecule has 1 aliphatic rings. The van der Waals surface area contributed by atoms with Crippen molar-refractivity contribution in [2.75, 3.05) is 6.61 Å². The fourth-order valence-corrected chi connectivity index (χ4v) is 3.06. The minimum atomic E-state index is 0.372. The van der Waals surface area contributed by atoms with E-state index in [1.807, 2.05) is 0 Å². The zero-order valence-electron chi connectivity index (χ0n) is 10.8. The van der Waals surface area contributed by atoms with Crippen molar-refractivity contribution in [2.45, 2.75) is 52.4 Å². The van der Waals surface area contributed by atoms with Gasteiger partial charge < -0.3 is 5.11 Å². The molecule has 0 amide bonds. The number of aliphatic hydroxyl groups excluding tert-OH is 1. The van der Waals surface area contributed by atoms with E-state index >= 15 is 0 Å². The molecule has 1 heteroatoms. The summed E-state index contributed by atoms with van der Waals surface area (Å²) in [5, 5.41) is 9.44. The first-order chi connectivity index (χ1) is 7.67. The lowest BCUT2D eigenvalue weighted by Crippen LogP contribution is -2.27. The van der Waals surface area contributed by atoms with E-state index in [9.17, 15) is 5.11 Å². The summed E-state index contributed by atoms with van der Waals surface area (Å²) in [6, 6.07) is 0. The van der Waals surface area contributed by atoms with Gasteiger partial charge in [-0.1, -0.05) is 20.3 Å². The van der Waals surface area contributed by atoms with Gasteiger partial charge in [-0.05, 0) is 49.4 Å². The SMILES string of the molecule is C#CCCC(C)CC1CCC(C)CC1CO. The summed E-state index contributed by atoms with van der Waals surface area (Å²) in [6.45, 7) is 4.97. The monoisotopic (exact) mass is 222 g/mol. The summed E-state index contributed by atoms with van der Waals surface area (Å²) in [5.41, 5.74) is 0. The van der Waals surface area contributed by atoms with Crippen LogP contribution in [0.3, 0.4) is 0 Å². The average Bonchev–Trinajstić information content (AvgIpc) is 2.28. The van der Waals surface area contributed by atoms with E-state index < -0.39 is 0 Å². The van der Waals surface area contributed by atoms with Gasteiger partial charge in [0.25, 0.3) is 0 Å². The molecule has 0 aromatic heterocycles. The van der Waals surface area contributed by atoms with Gasteiger partial charge in [0, 0.05) is 13.0 Å². The second kappa shape index (κ2) is 6.97. The average molecular weight is 222 g/mol. The standard InChI is InChI=1S/C15H26O/c1-4-5-6-12(2)9-14-8-7-13(3)10-15(14)11-16/h1,12-16H,5-11H2,2-3H3. The Hall–Kier alpha value is -0.480. The highest BCUT2D eigenvalue weighted by Gasteiger charge is 2.28. The third-order valence-corrected chi connectivity index (χ3v) is 4.12. The van der Waals surface area contributed by atoms with Crippen molar-refractivity contribution >= 4 is 0 Å². The number of hydrogen-bond acceptors (Lipinski definition) is 1. The van der Waals surface area contributed by atoms with E-state index in [1.165, 1.54) is 25.7 Å². The smallest absolute Gasteiger partial charge is 0.0462 e. The quantitative estimate of drug-likeness (QED) is 0.706. The van der Waals surface area contributed by atoms with Crippen LogP contribution < -0.4 is 0 Å². The van der Waals surface area contributed by atoms with Gasteiger partial charge in [0.2, 0.25) is 0 Å². The van der Waals surface area contributed by atoms with Crippen molar-refractivity contribution in [2.24, 2.45) is 23.7 Å². The first kappa shape index (κ1) is 13.6. The largest absolute Gasteiger partial charge is 0.396 e. The van der Waals surface area contributed by atoms with Crippen molar-refractivity contribution in [1.82, 2.24) is 0 Å². The Morgan fingerprint density at radius 2 is 2.12 bits per heavy atom. The Bertz CT molecular complexity index is 228. The Kier molecular flexibility index (Phi) is 5.91. The molecular weight excluding hydrogens is 196 g/mol. The van der Waals surface area contributed by atoms with Crippen LogP contribution >= 0.6 is 0 Å². The lowest BCUT2D eigenvalue weighted by atomic mass is 9.71. The van der Waals surface area contributed by atoms with Crippen LogP contribution in [-0.4, -0.2) is 11.7 Å². The third kappa shape index (κ3) is 4.18. The van der Waals surface area contributed by atoms with E-state index in [4.69, 9.17) is 6.42 Å². The molecule has 4 unspecified atom stereocenters. The number of terminal acetylenes is 1. The Labute approximate surface area is 101 Å². The second-order valence-electron chi connectivity index (χ2n) is 5.70. The van der Waals surface area contributed by atoms with E-state index in [2.05, 4.69) is 19.8 Å². The number of hydrogen-bond donors (Lipinski definition) is 1. The van der Waals surface area contributed by atoms with Gasteiger partial charge in [0.05, 0.1) is 0 Å². The summed E-state index contributed by atoms with van der Waals surface area (Å²) in [7, 11) is 0. The minimum Gasteiger partial charge on any atom is -0.396 e.